The van der Waals surface area contributed by atoms with Gasteiger partial charge in [0.05, 0.1) is 0 Å². The van der Waals surface area contributed by atoms with Crippen LogP contribution in [-0.2, 0) is 0 Å². The zero-order valence-electron chi connectivity index (χ0n) is 9.34. The van der Waals surface area contributed by atoms with Crippen molar-refractivity contribution in [1.82, 2.24) is 10.2 Å². The average Bonchev–Trinajstić information content (AvgIpc) is 2.09. The summed E-state index contributed by atoms with van der Waals surface area (Å²) in [5, 5.41) is 3.49. The molecule has 13 heavy (non-hydrogen) atoms. The van der Waals surface area contributed by atoms with Crippen LogP contribution >= 0.6 is 0 Å². The molecule has 0 spiro atoms. The molecule has 1 saturated heterocycles. The van der Waals surface area contributed by atoms with Gasteiger partial charge in [-0.1, -0.05) is 13.3 Å². The molecule has 1 N–H and O–H groups in total. The van der Waals surface area contributed by atoms with Gasteiger partial charge in [-0.25, -0.2) is 0 Å². The fraction of sp³-hybridized carbons (Fsp3) is 1.00. The molecule has 0 aromatic carbocycles. The Bertz CT molecular complexity index is 136. The zero-order chi connectivity index (χ0) is 9.68. The van der Waals surface area contributed by atoms with Crippen molar-refractivity contribution in [3.63, 3.8) is 0 Å². The Kier molecular flexibility index (Phi) is 4.74. The van der Waals surface area contributed by atoms with Crippen LogP contribution in [0.15, 0.2) is 0 Å². The molecule has 0 amide bonds. The highest BCUT2D eigenvalue weighted by Crippen LogP contribution is 2.18. The predicted octanol–water partition coefficient (Wildman–Crippen LogP) is 1.86. The molecule has 2 atom stereocenters. The zero-order valence-corrected chi connectivity index (χ0v) is 9.34. The Balaban J connectivity index is 2.25. The minimum absolute atomic E-state index is 0.676. The maximum atomic E-state index is 3.49. The quantitative estimate of drug-likeness (QED) is 0.717. The third-order valence-corrected chi connectivity index (χ3v) is 3.10. The summed E-state index contributed by atoms with van der Waals surface area (Å²) in [4.78, 5) is 2.53. The van der Waals surface area contributed by atoms with E-state index in [9.17, 15) is 0 Å². The monoisotopic (exact) mass is 184 g/mol. The first-order chi connectivity index (χ1) is 6.24. The average molecular weight is 184 g/mol. The van der Waals surface area contributed by atoms with E-state index in [-0.39, 0.29) is 0 Å². The number of hydrogen-bond acceptors (Lipinski definition) is 2. The Labute approximate surface area is 82.7 Å². The largest absolute Gasteiger partial charge is 0.314 e. The fourth-order valence-electron chi connectivity index (χ4n) is 2.28. The lowest BCUT2D eigenvalue weighted by atomic mass is 9.97. The standard InChI is InChI=1S/C11H24N2/c1-4-12-10(2)9-11-7-5-6-8-13(11)3/h10-12H,4-9H2,1-3H3. The van der Waals surface area contributed by atoms with Crippen LogP contribution in [0.1, 0.15) is 39.5 Å². The van der Waals surface area contributed by atoms with Crippen molar-refractivity contribution in [3.8, 4) is 0 Å². The van der Waals surface area contributed by atoms with Gasteiger partial charge in [0.1, 0.15) is 0 Å². The smallest absolute Gasteiger partial charge is 0.0107 e. The van der Waals surface area contributed by atoms with Gasteiger partial charge in [0.15, 0.2) is 0 Å². The third-order valence-electron chi connectivity index (χ3n) is 3.10. The highest BCUT2D eigenvalue weighted by molar-refractivity contribution is 4.78. The van der Waals surface area contributed by atoms with E-state index in [0.717, 1.165) is 12.6 Å². The molecular weight excluding hydrogens is 160 g/mol. The van der Waals surface area contributed by atoms with Crippen molar-refractivity contribution in [2.75, 3.05) is 20.1 Å². The first-order valence-corrected chi connectivity index (χ1v) is 5.67. The Morgan fingerprint density at radius 3 is 2.85 bits per heavy atom. The Morgan fingerprint density at radius 1 is 1.46 bits per heavy atom. The predicted molar refractivity (Wildman–Crippen MR) is 58.0 cm³/mol. The van der Waals surface area contributed by atoms with E-state index in [4.69, 9.17) is 0 Å². The van der Waals surface area contributed by atoms with Crippen molar-refractivity contribution in [1.29, 1.82) is 0 Å². The van der Waals surface area contributed by atoms with Crippen molar-refractivity contribution in [2.45, 2.75) is 51.6 Å². The van der Waals surface area contributed by atoms with Crippen molar-refractivity contribution < 1.29 is 0 Å². The molecule has 78 valence electrons. The van der Waals surface area contributed by atoms with Gasteiger partial charge in [-0.15, -0.1) is 0 Å². The first kappa shape index (κ1) is 11.0. The summed E-state index contributed by atoms with van der Waals surface area (Å²) in [5.74, 6) is 0. The molecule has 2 heteroatoms. The Morgan fingerprint density at radius 2 is 2.23 bits per heavy atom. The van der Waals surface area contributed by atoms with Crippen LogP contribution < -0.4 is 5.32 Å². The summed E-state index contributed by atoms with van der Waals surface area (Å²) in [6.45, 7) is 6.87. The molecule has 0 radical (unpaired) electrons. The minimum atomic E-state index is 0.676. The Hall–Kier alpha value is -0.0800. The maximum absolute atomic E-state index is 3.49. The number of nitrogens with zero attached hydrogens (tertiary/aromatic N) is 1. The van der Waals surface area contributed by atoms with Crippen LogP contribution in [0.2, 0.25) is 0 Å². The summed E-state index contributed by atoms with van der Waals surface area (Å²) >= 11 is 0. The number of likely N-dealkylation sites (tertiary alicyclic amines) is 1. The molecule has 0 saturated carbocycles. The molecule has 2 unspecified atom stereocenters. The molecule has 2 nitrogen and oxygen atoms in total. The molecular formula is C11H24N2. The molecule has 1 aliphatic rings. The molecule has 0 aliphatic carbocycles. The van der Waals surface area contributed by atoms with Gasteiger partial charge >= 0.3 is 0 Å². The SMILES string of the molecule is CCNC(C)CC1CCCCN1C. The van der Waals surface area contributed by atoms with Gasteiger partial charge in [0.25, 0.3) is 0 Å². The van der Waals surface area contributed by atoms with E-state index in [2.05, 4.69) is 31.1 Å². The van der Waals surface area contributed by atoms with E-state index in [1.807, 2.05) is 0 Å². The first-order valence-electron chi connectivity index (χ1n) is 5.67. The topological polar surface area (TPSA) is 15.3 Å². The van der Waals surface area contributed by atoms with Crippen LogP contribution in [0.3, 0.4) is 0 Å². The summed E-state index contributed by atoms with van der Waals surface area (Å²) in [7, 11) is 2.27. The highest BCUT2D eigenvalue weighted by atomic mass is 15.1. The second-order valence-electron chi connectivity index (χ2n) is 4.32. The lowest BCUT2D eigenvalue weighted by Crippen LogP contribution is -2.41. The van der Waals surface area contributed by atoms with E-state index in [0.29, 0.717) is 6.04 Å². The van der Waals surface area contributed by atoms with Gasteiger partial charge in [-0.05, 0) is 46.3 Å². The van der Waals surface area contributed by atoms with E-state index in [1.54, 1.807) is 0 Å². The van der Waals surface area contributed by atoms with Crippen molar-refractivity contribution >= 4 is 0 Å². The number of hydrogen-bond donors (Lipinski definition) is 1. The highest BCUT2D eigenvalue weighted by Gasteiger charge is 2.20. The van der Waals surface area contributed by atoms with Crippen LogP contribution in [0, 0.1) is 0 Å². The summed E-state index contributed by atoms with van der Waals surface area (Å²) in [5.41, 5.74) is 0. The number of rotatable bonds is 4. The van der Waals surface area contributed by atoms with E-state index < -0.39 is 0 Å². The van der Waals surface area contributed by atoms with Gasteiger partial charge < -0.3 is 10.2 Å². The van der Waals surface area contributed by atoms with Crippen LogP contribution in [0.4, 0.5) is 0 Å². The summed E-state index contributed by atoms with van der Waals surface area (Å²) in [6, 6.07) is 1.50. The lowest BCUT2D eigenvalue weighted by Gasteiger charge is -2.34. The van der Waals surface area contributed by atoms with Gasteiger partial charge in [-0.3, -0.25) is 0 Å². The summed E-state index contributed by atoms with van der Waals surface area (Å²) < 4.78 is 0. The van der Waals surface area contributed by atoms with E-state index in [1.165, 1.54) is 32.2 Å². The molecule has 0 aromatic rings. The molecule has 1 rings (SSSR count). The maximum Gasteiger partial charge on any atom is 0.0107 e. The van der Waals surface area contributed by atoms with Crippen LogP contribution in [0.5, 0.6) is 0 Å². The second kappa shape index (κ2) is 5.61. The van der Waals surface area contributed by atoms with Crippen LogP contribution in [-0.4, -0.2) is 37.1 Å². The minimum Gasteiger partial charge on any atom is -0.314 e. The second-order valence-corrected chi connectivity index (χ2v) is 4.32. The van der Waals surface area contributed by atoms with E-state index >= 15 is 0 Å². The fourth-order valence-corrected chi connectivity index (χ4v) is 2.28. The van der Waals surface area contributed by atoms with Gasteiger partial charge in [0.2, 0.25) is 0 Å². The van der Waals surface area contributed by atoms with Crippen molar-refractivity contribution in [3.05, 3.63) is 0 Å². The normalized spacial score (nSPS) is 27.5. The summed E-state index contributed by atoms with van der Waals surface area (Å²) in [6.07, 6.45) is 5.52. The molecule has 0 bridgehead atoms. The molecule has 1 aliphatic heterocycles. The lowest BCUT2D eigenvalue weighted by molar-refractivity contribution is 0.165. The number of nitrogens with one attached hydrogen (secondary N) is 1. The third kappa shape index (κ3) is 3.65. The number of piperidine rings is 1. The van der Waals surface area contributed by atoms with Gasteiger partial charge in [-0.2, -0.15) is 0 Å². The van der Waals surface area contributed by atoms with Crippen molar-refractivity contribution in [2.24, 2.45) is 0 Å². The van der Waals surface area contributed by atoms with Gasteiger partial charge in [0, 0.05) is 12.1 Å². The molecule has 1 fully saturated rings. The van der Waals surface area contributed by atoms with Crippen LogP contribution in [0.25, 0.3) is 0 Å². The molecule has 0 aromatic heterocycles. The molecule has 1 heterocycles.